The van der Waals surface area contributed by atoms with Crippen molar-refractivity contribution in [1.29, 1.82) is 0 Å². The second-order valence-corrected chi connectivity index (χ2v) is 4.38. The molecule has 1 aliphatic carbocycles. The predicted molar refractivity (Wildman–Crippen MR) is 64.4 cm³/mol. The molecule has 0 N–H and O–H groups in total. The van der Waals surface area contributed by atoms with Crippen LogP contribution in [0.3, 0.4) is 0 Å². The fourth-order valence-electron chi connectivity index (χ4n) is 2.07. The second kappa shape index (κ2) is 3.65. The molecular formula is C14H15N. The Balaban J connectivity index is 1.85. The van der Waals surface area contributed by atoms with E-state index in [1.165, 1.54) is 29.5 Å². The van der Waals surface area contributed by atoms with Gasteiger partial charge in [0.05, 0.1) is 0 Å². The van der Waals surface area contributed by atoms with Gasteiger partial charge in [-0.2, -0.15) is 0 Å². The lowest BCUT2D eigenvalue weighted by atomic mass is 10.0. The summed E-state index contributed by atoms with van der Waals surface area (Å²) in [5.74, 6) is 0.855. The zero-order valence-corrected chi connectivity index (χ0v) is 8.82. The summed E-state index contributed by atoms with van der Waals surface area (Å²) in [4.78, 5) is 4.31. The number of allylic oxidation sites excluding steroid dienone is 1. The van der Waals surface area contributed by atoms with Gasteiger partial charge in [-0.3, -0.25) is 4.99 Å². The molecule has 76 valence electrons. The van der Waals surface area contributed by atoms with E-state index in [2.05, 4.69) is 35.3 Å². The molecule has 0 saturated heterocycles. The lowest BCUT2D eigenvalue weighted by Gasteiger charge is -2.07. The SMILES string of the molecule is C1=NCCC=C1c1ccc(C2CC2)cc1. The molecule has 1 saturated carbocycles. The Hall–Kier alpha value is -1.37. The van der Waals surface area contributed by atoms with Crippen LogP contribution in [0.2, 0.25) is 0 Å². The molecule has 0 amide bonds. The number of dihydropyridines is 1. The highest BCUT2D eigenvalue weighted by atomic mass is 14.7. The molecule has 1 nitrogen and oxygen atoms in total. The van der Waals surface area contributed by atoms with E-state index < -0.39 is 0 Å². The maximum atomic E-state index is 4.31. The summed E-state index contributed by atoms with van der Waals surface area (Å²) in [5.41, 5.74) is 4.10. The zero-order valence-electron chi connectivity index (χ0n) is 8.82. The number of hydrogen-bond acceptors (Lipinski definition) is 1. The Bertz CT molecular complexity index is 407. The minimum absolute atomic E-state index is 0.855. The Morgan fingerprint density at radius 1 is 1.07 bits per heavy atom. The summed E-state index contributed by atoms with van der Waals surface area (Å²) in [7, 11) is 0. The molecule has 0 bridgehead atoms. The molecule has 3 rings (SSSR count). The zero-order chi connectivity index (χ0) is 10.1. The van der Waals surface area contributed by atoms with E-state index in [0.29, 0.717) is 0 Å². The Morgan fingerprint density at radius 2 is 1.87 bits per heavy atom. The third-order valence-electron chi connectivity index (χ3n) is 3.15. The molecule has 1 heterocycles. The minimum Gasteiger partial charge on any atom is -0.292 e. The Kier molecular flexibility index (Phi) is 2.17. The van der Waals surface area contributed by atoms with Crippen LogP contribution in [-0.2, 0) is 0 Å². The largest absolute Gasteiger partial charge is 0.292 e. The molecule has 0 atom stereocenters. The molecule has 1 heteroatoms. The fourth-order valence-corrected chi connectivity index (χ4v) is 2.07. The molecule has 1 fully saturated rings. The molecule has 1 aromatic rings. The topological polar surface area (TPSA) is 12.4 Å². The molecule has 2 aliphatic rings. The normalized spacial score (nSPS) is 20.1. The van der Waals surface area contributed by atoms with Crippen molar-refractivity contribution in [2.45, 2.75) is 25.2 Å². The summed E-state index contributed by atoms with van der Waals surface area (Å²) >= 11 is 0. The van der Waals surface area contributed by atoms with Gasteiger partial charge in [-0.05, 0) is 41.9 Å². The summed E-state index contributed by atoms with van der Waals surface area (Å²) in [6.07, 6.45) is 8.11. The molecule has 1 aliphatic heterocycles. The first-order valence-corrected chi connectivity index (χ1v) is 5.74. The van der Waals surface area contributed by atoms with Gasteiger partial charge < -0.3 is 0 Å². The van der Waals surface area contributed by atoms with E-state index in [4.69, 9.17) is 0 Å². The Labute approximate surface area is 90.5 Å². The van der Waals surface area contributed by atoms with Crippen molar-refractivity contribution in [2.75, 3.05) is 6.54 Å². The predicted octanol–water partition coefficient (Wildman–Crippen LogP) is 3.42. The third kappa shape index (κ3) is 1.87. The van der Waals surface area contributed by atoms with E-state index in [0.717, 1.165) is 18.9 Å². The van der Waals surface area contributed by atoms with E-state index in [1.807, 2.05) is 6.21 Å². The first-order valence-electron chi connectivity index (χ1n) is 5.74. The average molecular weight is 197 g/mol. The van der Waals surface area contributed by atoms with Crippen LogP contribution in [0.1, 0.15) is 36.3 Å². The van der Waals surface area contributed by atoms with Gasteiger partial charge in [-0.15, -0.1) is 0 Å². The summed E-state index contributed by atoms with van der Waals surface area (Å²) in [6, 6.07) is 9.01. The van der Waals surface area contributed by atoms with E-state index in [-0.39, 0.29) is 0 Å². The molecule has 0 radical (unpaired) electrons. The number of hydrogen-bond donors (Lipinski definition) is 0. The quantitative estimate of drug-likeness (QED) is 0.689. The van der Waals surface area contributed by atoms with Crippen molar-refractivity contribution in [3.05, 3.63) is 41.5 Å². The Morgan fingerprint density at radius 3 is 2.47 bits per heavy atom. The summed E-state index contributed by atoms with van der Waals surface area (Å²) in [6.45, 7) is 0.948. The van der Waals surface area contributed by atoms with E-state index in [9.17, 15) is 0 Å². The average Bonchev–Trinajstić information content (AvgIpc) is 3.15. The van der Waals surface area contributed by atoms with Crippen LogP contribution in [0.15, 0.2) is 35.3 Å². The van der Waals surface area contributed by atoms with E-state index >= 15 is 0 Å². The van der Waals surface area contributed by atoms with Gasteiger partial charge in [0.1, 0.15) is 0 Å². The van der Waals surface area contributed by atoms with Crippen molar-refractivity contribution >= 4 is 11.8 Å². The maximum Gasteiger partial charge on any atom is 0.0424 e. The lowest BCUT2D eigenvalue weighted by molar-refractivity contribution is 1.00. The van der Waals surface area contributed by atoms with Crippen molar-refractivity contribution in [3.63, 3.8) is 0 Å². The van der Waals surface area contributed by atoms with Gasteiger partial charge in [0.25, 0.3) is 0 Å². The van der Waals surface area contributed by atoms with Crippen LogP contribution in [0.5, 0.6) is 0 Å². The summed E-state index contributed by atoms with van der Waals surface area (Å²) < 4.78 is 0. The third-order valence-corrected chi connectivity index (χ3v) is 3.15. The molecule has 0 aromatic heterocycles. The monoisotopic (exact) mass is 197 g/mol. The standard InChI is InChI=1S/C14H15N/c1-2-14(10-15-9-1)13-7-5-12(6-8-13)11-3-4-11/h2,5-8,10-11H,1,3-4,9H2. The van der Waals surface area contributed by atoms with Gasteiger partial charge in [0.2, 0.25) is 0 Å². The molecular weight excluding hydrogens is 182 g/mol. The highest BCUT2D eigenvalue weighted by Gasteiger charge is 2.22. The van der Waals surface area contributed by atoms with Crippen LogP contribution >= 0.6 is 0 Å². The fraction of sp³-hybridized carbons (Fsp3) is 0.357. The molecule has 0 spiro atoms. The number of benzene rings is 1. The molecule has 15 heavy (non-hydrogen) atoms. The lowest BCUT2D eigenvalue weighted by Crippen LogP contribution is -1.94. The second-order valence-electron chi connectivity index (χ2n) is 4.38. The molecule has 1 aromatic carbocycles. The highest BCUT2D eigenvalue weighted by Crippen LogP contribution is 2.40. The van der Waals surface area contributed by atoms with Crippen LogP contribution < -0.4 is 0 Å². The summed E-state index contributed by atoms with van der Waals surface area (Å²) in [5, 5.41) is 0. The minimum atomic E-state index is 0.855. The highest BCUT2D eigenvalue weighted by molar-refractivity contribution is 6.10. The number of rotatable bonds is 2. The van der Waals surface area contributed by atoms with Gasteiger partial charge in [0, 0.05) is 12.8 Å². The van der Waals surface area contributed by atoms with Crippen molar-refractivity contribution < 1.29 is 0 Å². The van der Waals surface area contributed by atoms with Crippen LogP contribution in [-0.4, -0.2) is 12.8 Å². The first kappa shape index (κ1) is 8.90. The van der Waals surface area contributed by atoms with Gasteiger partial charge in [-0.25, -0.2) is 0 Å². The van der Waals surface area contributed by atoms with Gasteiger partial charge in [0.15, 0.2) is 0 Å². The van der Waals surface area contributed by atoms with Crippen molar-refractivity contribution in [2.24, 2.45) is 4.99 Å². The maximum absolute atomic E-state index is 4.31. The van der Waals surface area contributed by atoms with Crippen LogP contribution in [0, 0.1) is 0 Å². The van der Waals surface area contributed by atoms with Gasteiger partial charge in [-0.1, -0.05) is 30.3 Å². The van der Waals surface area contributed by atoms with Crippen molar-refractivity contribution in [1.82, 2.24) is 0 Å². The smallest absolute Gasteiger partial charge is 0.0424 e. The first-order chi connectivity index (χ1) is 7.43. The van der Waals surface area contributed by atoms with Crippen LogP contribution in [0.4, 0.5) is 0 Å². The van der Waals surface area contributed by atoms with Gasteiger partial charge >= 0.3 is 0 Å². The number of aliphatic imine (C=N–C) groups is 1. The molecule has 0 unspecified atom stereocenters. The van der Waals surface area contributed by atoms with Crippen LogP contribution in [0.25, 0.3) is 5.57 Å². The van der Waals surface area contributed by atoms with E-state index in [1.54, 1.807) is 0 Å². The number of nitrogens with zero attached hydrogens (tertiary/aromatic N) is 1. The van der Waals surface area contributed by atoms with Crippen molar-refractivity contribution in [3.8, 4) is 0 Å².